The molecule has 0 aliphatic rings. The van der Waals surface area contributed by atoms with E-state index in [1.807, 2.05) is 19.9 Å². The number of hydrogen-bond acceptors (Lipinski definition) is 5. The van der Waals surface area contributed by atoms with Crippen LogP contribution in [0.3, 0.4) is 0 Å². The molecule has 0 saturated heterocycles. The van der Waals surface area contributed by atoms with E-state index in [0.717, 1.165) is 32.1 Å². The molecule has 1 amide bonds. The molecular formula is C23H39NO5S. The Morgan fingerprint density at radius 2 is 1.63 bits per heavy atom. The normalized spacial score (nSPS) is 14.8. The molecule has 0 aliphatic carbocycles. The molecule has 1 aromatic rings. The molecular weight excluding hydrogens is 402 g/mol. The Kier molecular flexibility index (Phi) is 12.9. The van der Waals surface area contributed by atoms with Crippen molar-refractivity contribution in [2.45, 2.75) is 88.9 Å². The second kappa shape index (κ2) is 14.5. The van der Waals surface area contributed by atoms with Gasteiger partial charge in [-0.3, -0.25) is 4.79 Å². The highest BCUT2D eigenvalue weighted by Gasteiger charge is 2.43. The number of para-hydroxylation sites is 1. The number of amides is 1. The van der Waals surface area contributed by atoms with Crippen LogP contribution in [0.25, 0.3) is 0 Å². The number of ether oxygens (including phenoxy) is 2. The Bertz CT molecular complexity index is 693. The van der Waals surface area contributed by atoms with Gasteiger partial charge in [0.1, 0.15) is 0 Å². The number of rotatable bonds is 16. The summed E-state index contributed by atoms with van der Waals surface area (Å²) < 4.78 is 38.4. The summed E-state index contributed by atoms with van der Waals surface area (Å²) in [7, 11) is -2.40. The van der Waals surface area contributed by atoms with Crippen molar-refractivity contribution in [3.05, 3.63) is 30.3 Å². The van der Waals surface area contributed by atoms with Gasteiger partial charge < -0.3 is 14.8 Å². The van der Waals surface area contributed by atoms with Crippen LogP contribution in [0.15, 0.2) is 30.3 Å². The number of methoxy groups -OCH3 is 1. The third kappa shape index (κ3) is 8.36. The topological polar surface area (TPSA) is 81.7 Å². The molecule has 0 spiro atoms. The Morgan fingerprint density at radius 3 is 2.20 bits per heavy atom. The first kappa shape index (κ1) is 26.6. The van der Waals surface area contributed by atoms with Gasteiger partial charge in [0.15, 0.2) is 9.84 Å². The fraction of sp³-hybridized carbons (Fsp3) is 0.696. The van der Waals surface area contributed by atoms with E-state index in [2.05, 4.69) is 12.2 Å². The van der Waals surface area contributed by atoms with Crippen LogP contribution in [0.2, 0.25) is 0 Å². The second-order valence-electron chi connectivity index (χ2n) is 7.60. The summed E-state index contributed by atoms with van der Waals surface area (Å²) in [5, 5.41) is 1.92. The second-order valence-corrected chi connectivity index (χ2v) is 9.81. The van der Waals surface area contributed by atoms with Crippen LogP contribution in [0.4, 0.5) is 5.69 Å². The maximum atomic E-state index is 13.6. The molecule has 1 N–H and O–H groups in total. The molecule has 30 heavy (non-hydrogen) atoms. The molecule has 0 fully saturated rings. The Balaban J connectivity index is 3.11. The first-order valence-electron chi connectivity index (χ1n) is 11.1. The van der Waals surface area contributed by atoms with Gasteiger partial charge in [-0.05, 0) is 31.4 Å². The minimum absolute atomic E-state index is 0.233. The highest BCUT2D eigenvalue weighted by molar-refractivity contribution is 7.93. The number of hydrogen-bond donors (Lipinski definition) is 1. The Labute approximate surface area is 182 Å². The highest BCUT2D eigenvalue weighted by atomic mass is 32.2. The van der Waals surface area contributed by atoms with Crippen LogP contribution in [0.1, 0.15) is 72.1 Å². The number of nitrogens with one attached hydrogen (secondary N) is 1. The van der Waals surface area contributed by atoms with E-state index in [1.165, 1.54) is 7.11 Å². The third-order valence-corrected chi connectivity index (χ3v) is 7.44. The number of carbonyl (C=O) groups is 1. The van der Waals surface area contributed by atoms with Gasteiger partial charge in [-0.25, -0.2) is 8.42 Å². The van der Waals surface area contributed by atoms with Crippen molar-refractivity contribution in [3.63, 3.8) is 0 Å². The SMILES string of the molecule is CCCCCCOC(C(=O)Nc1ccccc1)S(=O)(=O)C(CCC)C(CCC)OC. The number of sulfone groups is 1. The molecule has 0 heterocycles. The van der Waals surface area contributed by atoms with Gasteiger partial charge in [0.25, 0.3) is 5.91 Å². The Morgan fingerprint density at radius 1 is 0.967 bits per heavy atom. The van der Waals surface area contributed by atoms with Crippen LogP contribution >= 0.6 is 0 Å². The predicted octanol–water partition coefficient (Wildman–Crippen LogP) is 4.95. The zero-order chi connectivity index (χ0) is 22.4. The van der Waals surface area contributed by atoms with Crippen LogP contribution in [0.5, 0.6) is 0 Å². The predicted molar refractivity (Wildman–Crippen MR) is 122 cm³/mol. The number of benzene rings is 1. The highest BCUT2D eigenvalue weighted by Crippen LogP contribution is 2.25. The molecule has 0 saturated carbocycles. The van der Waals surface area contributed by atoms with E-state index in [4.69, 9.17) is 9.47 Å². The Hall–Kier alpha value is -1.44. The molecule has 3 unspecified atom stereocenters. The maximum absolute atomic E-state index is 13.6. The molecule has 0 aromatic heterocycles. The fourth-order valence-electron chi connectivity index (χ4n) is 3.51. The zero-order valence-corrected chi connectivity index (χ0v) is 19.7. The van der Waals surface area contributed by atoms with Crippen molar-refractivity contribution in [1.82, 2.24) is 0 Å². The summed E-state index contributed by atoms with van der Waals surface area (Å²) in [6, 6.07) is 8.85. The summed E-state index contributed by atoms with van der Waals surface area (Å²) in [5.74, 6) is -0.649. The molecule has 0 aliphatic heterocycles. The minimum Gasteiger partial charge on any atom is -0.380 e. The van der Waals surface area contributed by atoms with E-state index in [9.17, 15) is 13.2 Å². The average molecular weight is 442 g/mol. The van der Waals surface area contributed by atoms with Gasteiger partial charge in [-0.1, -0.05) is 71.1 Å². The lowest BCUT2D eigenvalue weighted by Crippen LogP contribution is -2.47. The summed E-state index contributed by atoms with van der Waals surface area (Å²) in [6.45, 7) is 6.27. The van der Waals surface area contributed by atoms with Crippen molar-refractivity contribution in [1.29, 1.82) is 0 Å². The van der Waals surface area contributed by atoms with Crippen LogP contribution in [-0.4, -0.2) is 44.8 Å². The molecule has 3 atom stereocenters. The molecule has 6 nitrogen and oxygen atoms in total. The third-order valence-electron chi connectivity index (χ3n) is 5.11. The monoisotopic (exact) mass is 441 g/mol. The lowest BCUT2D eigenvalue weighted by Gasteiger charge is -2.29. The van der Waals surface area contributed by atoms with E-state index >= 15 is 0 Å². The van der Waals surface area contributed by atoms with Gasteiger partial charge in [0.05, 0.1) is 11.4 Å². The molecule has 0 bridgehead atoms. The van der Waals surface area contributed by atoms with E-state index in [0.29, 0.717) is 24.9 Å². The first-order chi connectivity index (χ1) is 14.4. The van der Waals surface area contributed by atoms with Crippen LogP contribution < -0.4 is 5.32 Å². The van der Waals surface area contributed by atoms with E-state index < -0.39 is 32.5 Å². The smallest absolute Gasteiger partial charge is 0.269 e. The number of carbonyl (C=O) groups excluding carboxylic acids is 1. The summed E-state index contributed by atoms with van der Waals surface area (Å²) in [6.07, 6.45) is 5.84. The van der Waals surface area contributed by atoms with Gasteiger partial charge >= 0.3 is 0 Å². The van der Waals surface area contributed by atoms with Gasteiger partial charge in [-0.15, -0.1) is 0 Å². The molecule has 172 valence electrons. The van der Waals surface area contributed by atoms with Gasteiger partial charge in [0.2, 0.25) is 5.44 Å². The molecule has 7 heteroatoms. The lowest BCUT2D eigenvalue weighted by atomic mass is 10.1. The standard InChI is InChI=1S/C23H39NO5S/c1-5-8-9-13-18-29-23(22(25)24-19-16-11-10-12-17-19)30(26,27)21(15-7-3)20(28-4)14-6-2/h10-12,16-17,20-21,23H,5-9,13-15,18H2,1-4H3,(H,24,25). The van der Waals surface area contributed by atoms with Crippen molar-refractivity contribution in [2.75, 3.05) is 19.0 Å². The lowest BCUT2D eigenvalue weighted by molar-refractivity contribution is -0.122. The van der Waals surface area contributed by atoms with Gasteiger partial charge in [0, 0.05) is 19.4 Å². The van der Waals surface area contributed by atoms with Crippen molar-refractivity contribution in [2.24, 2.45) is 0 Å². The summed E-state index contributed by atoms with van der Waals surface area (Å²) in [5.41, 5.74) is -1.01. The summed E-state index contributed by atoms with van der Waals surface area (Å²) >= 11 is 0. The zero-order valence-electron chi connectivity index (χ0n) is 18.9. The van der Waals surface area contributed by atoms with E-state index in [-0.39, 0.29) is 6.61 Å². The fourth-order valence-corrected chi connectivity index (χ4v) is 5.70. The van der Waals surface area contributed by atoms with Gasteiger partial charge in [-0.2, -0.15) is 0 Å². The number of unbranched alkanes of at least 4 members (excludes halogenated alkanes) is 3. The van der Waals surface area contributed by atoms with Crippen molar-refractivity contribution < 1.29 is 22.7 Å². The largest absolute Gasteiger partial charge is 0.380 e. The first-order valence-corrected chi connectivity index (χ1v) is 12.8. The quantitative estimate of drug-likeness (QED) is 0.367. The van der Waals surface area contributed by atoms with Crippen molar-refractivity contribution >= 4 is 21.4 Å². The van der Waals surface area contributed by atoms with Crippen molar-refractivity contribution in [3.8, 4) is 0 Å². The molecule has 1 rings (SSSR count). The molecule has 0 radical (unpaired) electrons. The average Bonchev–Trinajstić information content (AvgIpc) is 2.73. The van der Waals surface area contributed by atoms with E-state index in [1.54, 1.807) is 24.3 Å². The number of anilines is 1. The summed E-state index contributed by atoms with van der Waals surface area (Å²) in [4.78, 5) is 13.0. The van der Waals surface area contributed by atoms with Crippen LogP contribution in [0, 0.1) is 0 Å². The molecule has 1 aromatic carbocycles. The van der Waals surface area contributed by atoms with Crippen LogP contribution in [-0.2, 0) is 24.1 Å². The maximum Gasteiger partial charge on any atom is 0.269 e. The minimum atomic E-state index is -3.93.